The fourth-order valence-corrected chi connectivity index (χ4v) is 4.56. The Hall–Kier alpha value is -2.90. The first kappa shape index (κ1) is 17.5. The van der Waals surface area contributed by atoms with Crippen molar-refractivity contribution in [1.29, 1.82) is 5.26 Å². The molecule has 0 bridgehead atoms. The molecule has 3 aromatic carbocycles. The molecule has 4 rings (SSSR count). The number of thioether (sulfide) groups is 1. The maximum Gasteiger partial charge on any atom is 0.162 e. The van der Waals surface area contributed by atoms with Crippen LogP contribution in [-0.4, -0.2) is 7.11 Å². The van der Waals surface area contributed by atoms with E-state index in [1.54, 1.807) is 18.9 Å². The van der Waals surface area contributed by atoms with Crippen LogP contribution in [0.1, 0.15) is 16.7 Å². The molecule has 1 unspecified atom stereocenters. The number of ether oxygens (including phenoxy) is 2. The third kappa shape index (κ3) is 3.39. The van der Waals surface area contributed by atoms with Crippen LogP contribution in [0.2, 0.25) is 0 Å². The summed E-state index contributed by atoms with van der Waals surface area (Å²) in [6.45, 7) is 0.460. The van der Waals surface area contributed by atoms with Crippen molar-refractivity contribution in [1.82, 2.24) is 0 Å². The summed E-state index contributed by atoms with van der Waals surface area (Å²) in [5, 5.41) is 9.93. The fourth-order valence-electron chi connectivity index (χ4n) is 3.29. The van der Waals surface area contributed by atoms with E-state index in [9.17, 15) is 5.26 Å². The van der Waals surface area contributed by atoms with Crippen molar-refractivity contribution in [2.45, 2.75) is 22.7 Å². The highest BCUT2D eigenvalue weighted by Gasteiger charge is 2.45. The summed E-state index contributed by atoms with van der Waals surface area (Å²) in [5.74, 6) is 1.38. The second-order valence-corrected chi connectivity index (χ2v) is 7.84. The molecule has 1 aliphatic rings. The van der Waals surface area contributed by atoms with Crippen molar-refractivity contribution in [3.63, 3.8) is 0 Å². The van der Waals surface area contributed by atoms with Crippen LogP contribution in [0.15, 0.2) is 77.7 Å². The van der Waals surface area contributed by atoms with Gasteiger partial charge in [-0.25, -0.2) is 0 Å². The Kier molecular flexibility index (Phi) is 4.79. The summed E-state index contributed by atoms with van der Waals surface area (Å²) in [4.78, 5) is 1.09. The molecule has 0 heterocycles. The van der Waals surface area contributed by atoms with Gasteiger partial charge in [0.15, 0.2) is 11.5 Å². The molecule has 0 amide bonds. The van der Waals surface area contributed by atoms with Crippen molar-refractivity contribution >= 4 is 11.8 Å². The van der Waals surface area contributed by atoms with Crippen LogP contribution in [0, 0.1) is 11.3 Å². The monoisotopic (exact) mass is 373 g/mol. The minimum Gasteiger partial charge on any atom is -0.493 e. The van der Waals surface area contributed by atoms with Crippen LogP contribution in [0.25, 0.3) is 0 Å². The molecule has 0 fully saturated rings. The Bertz CT molecular complexity index is 983. The topological polar surface area (TPSA) is 42.2 Å². The van der Waals surface area contributed by atoms with Crippen molar-refractivity contribution in [3.8, 4) is 17.6 Å². The number of hydrogen-bond acceptors (Lipinski definition) is 4. The summed E-state index contributed by atoms with van der Waals surface area (Å²) >= 11 is 1.60. The zero-order valence-electron chi connectivity index (χ0n) is 15.0. The third-order valence-corrected chi connectivity index (χ3v) is 6.03. The molecule has 0 saturated carbocycles. The van der Waals surface area contributed by atoms with Gasteiger partial charge in [0.25, 0.3) is 0 Å². The van der Waals surface area contributed by atoms with Crippen molar-refractivity contribution in [3.05, 3.63) is 89.5 Å². The number of nitrogens with zero attached hydrogens (tertiary/aromatic N) is 1. The summed E-state index contributed by atoms with van der Waals surface area (Å²) in [7, 11) is 1.64. The van der Waals surface area contributed by atoms with Crippen LogP contribution in [0.5, 0.6) is 11.5 Å². The van der Waals surface area contributed by atoms with Gasteiger partial charge in [-0.05, 0) is 41.0 Å². The zero-order chi connectivity index (χ0) is 18.7. The predicted molar refractivity (Wildman–Crippen MR) is 107 cm³/mol. The van der Waals surface area contributed by atoms with E-state index in [2.05, 4.69) is 6.07 Å². The molecule has 1 atom stereocenters. The van der Waals surface area contributed by atoms with Crippen molar-refractivity contribution < 1.29 is 9.47 Å². The quantitative estimate of drug-likeness (QED) is 0.585. The van der Waals surface area contributed by atoms with Gasteiger partial charge in [-0.1, -0.05) is 60.3 Å². The summed E-state index contributed by atoms with van der Waals surface area (Å²) in [6, 6.07) is 26.6. The standard InChI is InChI=1S/C23H19NO2S/c1-25-21-12-18-14-23(16-24,27-19-10-6-3-7-11-19)20(18)13-22(21)26-15-17-8-4-2-5-9-17/h2-13H,14-15H2,1H3. The van der Waals surface area contributed by atoms with Gasteiger partial charge >= 0.3 is 0 Å². The number of fused-ring (bicyclic) bond motifs is 1. The molecule has 27 heavy (non-hydrogen) atoms. The highest BCUT2D eigenvalue weighted by Crippen LogP contribution is 2.54. The molecule has 0 saturated heterocycles. The molecule has 3 aromatic rings. The minimum absolute atomic E-state index is 0.460. The summed E-state index contributed by atoms with van der Waals surface area (Å²) in [5.41, 5.74) is 3.25. The van der Waals surface area contributed by atoms with E-state index in [-0.39, 0.29) is 0 Å². The van der Waals surface area contributed by atoms with Gasteiger partial charge in [-0.3, -0.25) is 0 Å². The third-order valence-electron chi connectivity index (χ3n) is 4.72. The van der Waals surface area contributed by atoms with Crippen LogP contribution in [-0.2, 0) is 17.8 Å². The van der Waals surface area contributed by atoms with E-state index in [0.717, 1.165) is 21.6 Å². The molecule has 0 radical (unpaired) electrons. The van der Waals surface area contributed by atoms with E-state index in [0.29, 0.717) is 24.5 Å². The van der Waals surface area contributed by atoms with E-state index >= 15 is 0 Å². The molecule has 0 aliphatic heterocycles. The Morgan fingerprint density at radius 2 is 1.70 bits per heavy atom. The van der Waals surface area contributed by atoms with Gasteiger partial charge in [0.05, 0.1) is 13.2 Å². The zero-order valence-corrected chi connectivity index (χ0v) is 15.8. The second kappa shape index (κ2) is 7.38. The molecular formula is C23H19NO2S. The molecule has 0 N–H and O–H groups in total. The molecular weight excluding hydrogens is 354 g/mol. The second-order valence-electron chi connectivity index (χ2n) is 6.47. The maximum absolute atomic E-state index is 9.93. The van der Waals surface area contributed by atoms with Gasteiger partial charge < -0.3 is 9.47 Å². The Labute approximate surface area is 163 Å². The number of methoxy groups -OCH3 is 1. The Morgan fingerprint density at radius 3 is 2.37 bits per heavy atom. The first-order valence-electron chi connectivity index (χ1n) is 8.77. The first-order valence-corrected chi connectivity index (χ1v) is 9.59. The Balaban J connectivity index is 1.62. The van der Waals surface area contributed by atoms with Gasteiger partial charge in [0.1, 0.15) is 11.4 Å². The molecule has 3 nitrogen and oxygen atoms in total. The molecule has 4 heteroatoms. The number of nitriles is 1. The lowest BCUT2D eigenvalue weighted by molar-refractivity contribution is 0.283. The van der Waals surface area contributed by atoms with Gasteiger partial charge in [0, 0.05) is 11.3 Å². The van der Waals surface area contributed by atoms with Gasteiger partial charge in [0.2, 0.25) is 0 Å². The lowest BCUT2D eigenvalue weighted by Crippen LogP contribution is -2.34. The van der Waals surface area contributed by atoms with Crippen molar-refractivity contribution in [2.24, 2.45) is 0 Å². The fraction of sp³-hybridized carbons (Fsp3) is 0.174. The van der Waals surface area contributed by atoms with E-state index < -0.39 is 4.75 Å². The first-order chi connectivity index (χ1) is 13.2. The number of hydrogen-bond donors (Lipinski definition) is 0. The normalized spacial score (nSPS) is 17.3. The molecule has 0 aromatic heterocycles. The number of benzene rings is 3. The summed E-state index contributed by atoms with van der Waals surface area (Å²) < 4.78 is 11.0. The highest BCUT2D eigenvalue weighted by atomic mass is 32.2. The average molecular weight is 373 g/mol. The van der Waals surface area contributed by atoms with Crippen LogP contribution < -0.4 is 9.47 Å². The molecule has 1 aliphatic carbocycles. The van der Waals surface area contributed by atoms with Crippen molar-refractivity contribution in [2.75, 3.05) is 7.11 Å². The smallest absolute Gasteiger partial charge is 0.162 e. The maximum atomic E-state index is 9.93. The average Bonchev–Trinajstić information content (AvgIpc) is 2.72. The lowest BCUT2D eigenvalue weighted by atomic mass is 9.77. The minimum atomic E-state index is -0.576. The predicted octanol–water partition coefficient (Wildman–Crippen LogP) is 5.34. The largest absolute Gasteiger partial charge is 0.493 e. The van der Waals surface area contributed by atoms with Gasteiger partial charge in [-0.15, -0.1) is 0 Å². The number of rotatable bonds is 6. The van der Waals surface area contributed by atoms with E-state index in [1.807, 2.05) is 72.8 Å². The van der Waals surface area contributed by atoms with Gasteiger partial charge in [-0.2, -0.15) is 5.26 Å². The highest BCUT2D eigenvalue weighted by molar-refractivity contribution is 8.00. The summed E-state index contributed by atoms with van der Waals surface area (Å²) in [6.07, 6.45) is 0.702. The van der Waals surface area contributed by atoms with Crippen LogP contribution in [0.4, 0.5) is 0 Å². The lowest BCUT2D eigenvalue weighted by Gasteiger charge is -2.38. The van der Waals surface area contributed by atoms with Crippen LogP contribution >= 0.6 is 11.8 Å². The molecule has 134 valence electrons. The Morgan fingerprint density at radius 1 is 1.00 bits per heavy atom. The van der Waals surface area contributed by atoms with E-state index in [1.165, 1.54) is 0 Å². The SMILES string of the molecule is COc1cc2c(cc1OCc1ccccc1)C(C#N)(Sc1ccccc1)C2. The van der Waals surface area contributed by atoms with Crippen LogP contribution in [0.3, 0.4) is 0 Å². The molecule has 0 spiro atoms. The van der Waals surface area contributed by atoms with E-state index in [4.69, 9.17) is 9.47 Å².